The lowest BCUT2D eigenvalue weighted by atomic mass is 10.1. The first-order chi connectivity index (χ1) is 10.9. The summed E-state index contributed by atoms with van der Waals surface area (Å²) in [5, 5.41) is 0. The van der Waals surface area contributed by atoms with E-state index in [1.165, 1.54) is 89.9 Å². The molecule has 2 radical (unpaired) electrons. The summed E-state index contributed by atoms with van der Waals surface area (Å²) < 4.78 is 0. The Bertz CT molecular complexity index is 242. The second-order valence-corrected chi connectivity index (χ2v) is 6.51. The molecule has 0 fully saturated rings. The van der Waals surface area contributed by atoms with Gasteiger partial charge in [0.1, 0.15) is 0 Å². The van der Waals surface area contributed by atoms with Crippen molar-refractivity contribution in [2.24, 2.45) is 0 Å². The summed E-state index contributed by atoms with van der Waals surface area (Å²) in [6.07, 6.45) is 23.6. The fourth-order valence-electron chi connectivity index (χ4n) is 2.72. The molecular weight excluding hydrogens is 264 g/mol. The summed E-state index contributed by atoms with van der Waals surface area (Å²) >= 11 is 0. The summed E-state index contributed by atoms with van der Waals surface area (Å²) in [4.78, 5) is 0. The summed E-state index contributed by atoms with van der Waals surface area (Å²) in [5.41, 5.74) is 0. The molecule has 0 saturated heterocycles. The smallest absolute Gasteiger partial charge is 0.00886 e. The van der Waals surface area contributed by atoms with Crippen molar-refractivity contribution in [2.45, 2.75) is 116 Å². The zero-order valence-corrected chi connectivity index (χ0v) is 15.1. The average molecular weight is 305 g/mol. The van der Waals surface area contributed by atoms with Crippen molar-refractivity contribution in [1.82, 2.24) is 0 Å². The molecule has 0 amide bonds. The van der Waals surface area contributed by atoms with Crippen LogP contribution in [0.1, 0.15) is 116 Å². The van der Waals surface area contributed by atoms with Crippen molar-refractivity contribution < 1.29 is 0 Å². The highest BCUT2D eigenvalue weighted by Gasteiger charge is 1.92. The molecule has 0 saturated carbocycles. The molecule has 0 atom stereocenters. The molecule has 0 nitrogen and oxygen atoms in total. The Morgan fingerprint density at radius 1 is 0.364 bits per heavy atom. The van der Waals surface area contributed by atoms with Crippen LogP contribution < -0.4 is 0 Å². The van der Waals surface area contributed by atoms with Crippen LogP contribution in [0.15, 0.2) is 0 Å². The van der Waals surface area contributed by atoms with Crippen molar-refractivity contribution >= 4 is 0 Å². The van der Waals surface area contributed by atoms with Gasteiger partial charge in [-0.3, -0.25) is 0 Å². The van der Waals surface area contributed by atoms with E-state index < -0.39 is 0 Å². The van der Waals surface area contributed by atoms with Crippen molar-refractivity contribution in [3.8, 4) is 11.8 Å². The van der Waals surface area contributed by atoms with Gasteiger partial charge in [-0.2, -0.15) is 0 Å². The second kappa shape index (κ2) is 20.6. The second-order valence-electron chi connectivity index (χ2n) is 6.51. The first kappa shape index (κ1) is 21.6. The van der Waals surface area contributed by atoms with Gasteiger partial charge in [-0.05, 0) is 12.8 Å². The standard InChI is InChI=1S/C22H40/c1-3-5-7-9-11-13-15-17-19-21-22-20-18-16-14-12-10-8-6-4-2/h1-15,17,19-22H2. The van der Waals surface area contributed by atoms with Crippen LogP contribution >= 0.6 is 0 Å². The quantitative estimate of drug-likeness (QED) is 0.202. The van der Waals surface area contributed by atoms with Gasteiger partial charge in [-0.1, -0.05) is 104 Å². The summed E-state index contributed by atoms with van der Waals surface area (Å²) in [6, 6.07) is 0. The number of hydrogen-bond acceptors (Lipinski definition) is 0. The number of unbranched alkanes of at least 4 members (excludes halogenated alkanes) is 16. The first-order valence-electron chi connectivity index (χ1n) is 9.96. The number of rotatable bonds is 16. The van der Waals surface area contributed by atoms with Gasteiger partial charge in [0.05, 0.1) is 0 Å². The lowest BCUT2D eigenvalue weighted by Crippen LogP contribution is -1.82. The highest BCUT2D eigenvalue weighted by Crippen LogP contribution is 2.11. The Balaban J connectivity index is 3.05. The summed E-state index contributed by atoms with van der Waals surface area (Å²) in [6.45, 7) is 7.76. The van der Waals surface area contributed by atoms with Gasteiger partial charge in [0, 0.05) is 12.8 Å². The van der Waals surface area contributed by atoms with Gasteiger partial charge in [0.25, 0.3) is 0 Å². The largest absolute Gasteiger partial charge is 0.103 e. The van der Waals surface area contributed by atoms with E-state index in [0.29, 0.717) is 0 Å². The Labute approximate surface area is 141 Å². The molecule has 0 aliphatic heterocycles. The first-order valence-corrected chi connectivity index (χ1v) is 9.96. The molecule has 0 heteroatoms. The van der Waals surface area contributed by atoms with Gasteiger partial charge in [-0.25, -0.2) is 0 Å². The molecule has 0 bridgehead atoms. The van der Waals surface area contributed by atoms with Gasteiger partial charge in [0.15, 0.2) is 0 Å². The topological polar surface area (TPSA) is 0 Å². The van der Waals surface area contributed by atoms with E-state index in [1.807, 2.05) is 0 Å². The molecule has 0 N–H and O–H groups in total. The van der Waals surface area contributed by atoms with Crippen LogP contribution in [-0.4, -0.2) is 0 Å². The molecular formula is C22H40. The minimum absolute atomic E-state index is 1.09. The summed E-state index contributed by atoms with van der Waals surface area (Å²) in [7, 11) is 0. The predicted octanol–water partition coefficient (Wildman–Crippen LogP) is 7.68. The maximum Gasteiger partial charge on any atom is 0.00886 e. The van der Waals surface area contributed by atoms with E-state index in [-0.39, 0.29) is 0 Å². The van der Waals surface area contributed by atoms with Crippen LogP contribution in [0, 0.1) is 25.7 Å². The Hall–Kier alpha value is -0.440. The average Bonchev–Trinajstić information content (AvgIpc) is 2.54. The third kappa shape index (κ3) is 19.6. The normalized spacial score (nSPS) is 10.5. The third-order valence-corrected chi connectivity index (χ3v) is 4.23. The molecule has 0 aliphatic carbocycles. The third-order valence-electron chi connectivity index (χ3n) is 4.23. The summed E-state index contributed by atoms with van der Waals surface area (Å²) in [5.74, 6) is 6.67. The van der Waals surface area contributed by atoms with Crippen molar-refractivity contribution in [2.75, 3.05) is 0 Å². The molecule has 0 aromatic carbocycles. The highest BCUT2D eigenvalue weighted by atomic mass is 14.0. The molecule has 0 heterocycles. The van der Waals surface area contributed by atoms with E-state index in [9.17, 15) is 0 Å². The Kier molecular flexibility index (Phi) is 20.1. The molecule has 0 aliphatic rings. The molecule has 0 rings (SSSR count). The van der Waals surface area contributed by atoms with E-state index in [0.717, 1.165) is 25.7 Å². The molecule has 128 valence electrons. The van der Waals surface area contributed by atoms with Gasteiger partial charge in [0.2, 0.25) is 0 Å². The van der Waals surface area contributed by atoms with Gasteiger partial charge in [-0.15, -0.1) is 11.8 Å². The maximum atomic E-state index is 3.89. The fraction of sp³-hybridized carbons (Fsp3) is 0.818. The maximum absolute atomic E-state index is 3.89. The van der Waals surface area contributed by atoms with Crippen LogP contribution in [0.3, 0.4) is 0 Å². The van der Waals surface area contributed by atoms with E-state index >= 15 is 0 Å². The van der Waals surface area contributed by atoms with E-state index in [1.54, 1.807) is 0 Å². The van der Waals surface area contributed by atoms with Crippen LogP contribution in [0.5, 0.6) is 0 Å². The fourth-order valence-corrected chi connectivity index (χ4v) is 2.72. The monoisotopic (exact) mass is 304 g/mol. The molecule has 0 unspecified atom stereocenters. The lowest BCUT2D eigenvalue weighted by Gasteiger charge is -2.01. The Morgan fingerprint density at radius 3 is 0.955 bits per heavy atom. The zero-order valence-electron chi connectivity index (χ0n) is 15.1. The minimum atomic E-state index is 1.09. The van der Waals surface area contributed by atoms with E-state index in [2.05, 4.69) is 25.7 Å². The minimum Gasteiger partial charge on any atom is -0.103 e. The lowest BCUT2D eigenvalue weighted by molar-refractivity contribution is 0.554. The predicted molar refractivity (Wildman–Crippen MR) is 102 cm³/mol. The van der Waals surface area contributed by atoms with Crippen molar-refractivity contribution in [3.05, 3.63) is 13.8 Å². The van der Waals surface area contributed by atoms with Crippen LogP contribution in [-0.2, 0) is 0 Å². The van der Waals surface area contributed by atoms with Gasteiger partial charge < -0.3 is 0 Å². The highest BCUT2D eigenvalue weighted by molar-refractivity contribution is 4.98. The molecule has 0 aromatic rings. The molecule has 0 aromatic heterocycles. The SMILES string of the molecule is [CH2]CCCCCCC#CCCCCCCCCCCCC[CH2]. The number of hydrogen-bond donors (Lipinski definition) is 0. The van der Waals surface area contributed by atoms with E-state index in [4.69, 9.17) is 0 Å². The van der Waals surface area contributed by atoms with Crippen LogP contribution in [0.4, 0.5) is 0 Å². The zero-order chi connectivity index (χ0) is 16.1. The Morgan fingerprint density at radius 2 is 0.636 bits per heavy atom. The van der Waals surface area contributed by atoms with Crippen LogP contribution in [0.25, 0.3) is 0 Å². The molecule has 22 heavy (non-hydrogen) atoms. The van der Waals surface area contributed by atoms with Gasteiger partial charge >= 0.3 is 0 Å². The van der Waals surface area contributed by atoms with Crippen molar-refractivity contribution in [1.29, 1.82) is 0 Å². The van der Waals surface area contributed by atoms with Crippen molar-refractivity contribution in [3.63, 3.8) is 0 Å². The molecule has 0 spiro atoms. The van der Waals surface area contributed by atoms with Crippen LogP contribution in [0.2, 0.25) is 0 Å².